The summed E-state index contributed by atoms with van der Waals surface area (Å²) in [6, 6.07) is -1.16. The van der Waals surface area contributed by atoms with Crippen LogP contribution in [0.15, 0.2) is 0 Å². The van der Waals surface area contributed by atoms with Crippen molar-refractivity contribution in [1.82, 2.24) is 5.32 Å². The number of unbranched alkanes of at least 4 members (excludes halogenated alkanes) is 32. The van der Waals surface area contributed by atoms with Gasteiger partial charge in [-0.2, -0.15) is 0 Å². The zero-order valence-corrected chi connectivity index (χ0v) is 39.4. The number of aliphatic hydroxyl groups is 7. The number of hydrogen-bond acceptors (Lipinski definition) is 10. The first-order chi connectivity index (χ1) is 29.7. The molecule has 0 spiro atoms. The van der Waals surface area contributed by atoms with Crippen LogP contribution in [0.25, 0.3) is 0 Å². The molecule has 0 bridgehead atoms. The Morgan fingerprint density at radius 2 is 0.852 bits per heavy atom. The lowest BCUT2D eigenvalue weighted by molar-refractivity contribution is -0.303. The lowest BCUT2D eigenvalue weighted by Crippen LogP contribution is -2.60. The molecule has 11 heteroatoms. The third-order valence-corrected chi connectivity index (χ3v) is 12.9. The van der Waals surface area contributed by atoms with E-state index in [0.29, 0.717) is 19.3 Å². The van der Waals surface area contributed by atoms with Gasteiger partial charge in [-0.05, 0) is 12.8 Å². The minimum atomic E-state index is -1.66. The van der Waals surface area contributed by atoms with E-state index in [0.717, 1.165) is 38.5 Å². The van der Waals surface area contributed by atoms with Crippen molar-refractivity contribution in [1.29, 1.82) is 0 Å². The Morgan fingerprint density at radius 1 is 0.508 bits per heavy atom. The summed E-state index contributed by atoms with van der Waals surface area (Å²) in [5.74, 6) is -0.694. The van der Waals surface area contributed by atoms with Gasteiger partial charge in [-0.25, -0.2) is 0 Å². The highest BCUT2D eigenvalue weighted by molar-refractivity contribution is 5.80. The van der Waals surface area contributed by atoms with Gasteiger partial charge in [0.1, 0.15) is 36.6 Å². The van der Waals surface area contributed by atoms with Gasteiger partial charge in [-0.1, -0.05) is 232 Å². The summed E-state index contributed by atoms with van der Waals surface area (Å²) in [4.78, 5) is 13.1. The van der Waals surface area contributed by atoms with Gasteiger partial charge in [0.2, 0.25) is 5.91 Å². The molecule has 1 aliphatic heterocycles. The standard InChI is InChI=1S/C50H99NO10/c1-3-5-7-9-11-13-15-16-17-18-19-20-21-22-23-24-25-26-28-29-31-33-35-37-42(53)45(55)41(40-60-50-48(58)47(57)46(56)44(39-52)61-50)51-49(59)43(54)38-36-34-32-30-27-14-12-10-8-6-4-2/h41-48,50,52-58H,3-40H2,1-2H3,(H,51,59). The summed E-state index contributed by atoms with van der Waals surface area (Å²) in [6.07, 6.45) is 31.6. The molecular formula is C50H99NO10. The topological polar surface area (TPSA) is 189 Å². The third kappa shape index (κ3) is 30.0. The maximum Gasteiger partial charge on any atom is 0.249 e. The fourth-order valence-electron chi connectivity index (χ4n) is 8.62. The second kappa shape index (κ2) is 40.6. The van der Waals surface area contributed by atoms with Crippen molar-refractivity contribution in [3.8, 4) is 0 Å². The van der Waals surface area contributed by atoms with Crippen molar-refractivity contribution < 1.29 is 50.0 Å². The van der Waals surface area contributed by atoms with E-state index in [1.54, 1.807) is 0 Å². The summed E-state index contributed by atoms with van der Waals surface area (Å²) in [6.45, 7) is 3.45. The SMILES string of the molecule is CCCCCCCCCCCCCCCCCCCCCCCCCC(O)C(O)C(COC1OC(CO)C(O)C(O)C1O)NC(=O)C(O)CCCCCCCCCCCCC. The molecule has 11 nitrogen and oxygen atoms in total. The molecule has 1 fully saturated rings. The second-order valence-electron chi connectivity index (χ2n) is 18.6. The van der Waals surface area contributed by atoms with Crippen LogP contribution in [-0.2, 0) is 14.3 Å². The third-order valence-electron chi connectivity index (χ3n) is 12.9. The fraction of sp³-hybridized carbons (Fsp3) is 0.980. The van der Waals surface area contributed by atoms with Crippen LogP contribution in [0.4, 0.5) is 0 Å². The number of rotatable bonds is 44. The van der Waals surface area contributed by atoms with Crippen LogP contribution in [0.2, 0.25) is 0 Å². The van der Waals surface area contributed by atoms with E-state index in [-0.39, 0.29) is 6.42 Å². The zero-order chi connectivity index (χ0) is 44.8. The van der Waals surface area contributed by atoms with Gasteiger partial charge < -0.3 is 50.5 Å². The molecule has 1 aliphatic rings. The first-order valence-electron chi connectivity index (χ1n) is 25.9. The lowest BCUT2D eigenvalue weighted by atomic mass is 9.98. The summed E-state index contributed by atoms with van der Waals surface area (Å²) in [7, 11) is 0. The normalized spacial score (nSPS) is 21.4. The number of ether oxygens (including phenoxy) is 2. The van der Waals surface area contributed by atoms with Crippen molar-refractivity contribution in [3.05, 3.63) is 0 Å². The van der Waals surface area contributed by atoms with Gasteiger partial charge >= 0.3 is 0 Å². The molecule has 0 aromatic rings. The first kappa shape index (κ1) is 58.1. The van der Waals surface area contributed by atoms with Crippen molar-refractivity contribution in [2.45, 2.75) is 300 Å². The maximum absolute atomic E-state index is 13.1. The van der Waals surface area contributed by atoms with Gasteiger partial charge in [0.25, 0.3) is 0 Å². The quantitative estimate of drug-likeness (QED) is 0.0274. The van der Waals surface area contributed by atoms with E-state index in [2.05, 4.69) is 19.2 Å². The molecule has 0 saturated carbocycles. The maximum atomic E-state index is 13.1. The molecular weight excluding hydrogens is 775 g/mol. The summed E-state index contributed by atoms with van der Waals surface area (Å²) in [5, 5.41) is 75.8. The van der Waals surface area contributed by atoms with E-state index in [4.69, 9.17) is 9.47 Å². The van der Waals surface area contributed by atoms with Crippen LogP contribution in [-0.4, -0.2) is 110 Å². The molecule has 8 N–H and O–H groups in total. The molecule has 0 aromatic carbocycles. The minimum Gasteiger partial charge on any atom is -0.394 e. The van der Waals surface area contributed by atoms with Gasteiger partial charge in [-0.3, -0.25) is 4.79 Å². The molecule has 0 aliphatic carbocycles. The number of amides is 1. The van der Waals surface area contributed by atoms with Gasteiger partial charge in [-0.15, -0.1) is 0 Å². The predicted octanol–water partition coefficient (Wildman–Crippen LogP) is 9.45. The molecule has 61 heavy (non-hydrogen) atoms. The van der Waals surface area contributed by atoms with E-state index < -0.39 is 74.2 Å². The smallest absolute Gasteiger partial charge is 0.249 e. The summed E-state index contributed by atoms with van der Waals surface area (Å²) >= 11 is 0. The Bertz CT molecular complexity index is 959. The molecule has 1 amide bonds. The van der Waals surface area contributed by atoms with Gasteiger partial charge in [0.15, 0.2) is 6.29 Å². The van der Waals surface area contributed by atoms with E-state index in [1.165, 1.54) is 167 Å². The fourth-order valence-corrected chi connectivity index (χ4v) is 8.62. The number of nitrogens with one attached hydrogen (secondary N) is 1. The average Bonchev–Trinajstić information content (AvgIpc) is 3.26. The Labute approximate surface area is 373 Å². The van der Waals surface area contributed by atoms with Crippen molar-refractivity contribution >= 4 is 5.91 Å². The number of aliphatic hydroxyl groups excluding tert-OH is 7. The Balaban J connectivity index is 2.32. The number of carbonyl (C=O) groups excluding carboxylic acids is 1. The predicted molar refractivity (Wildman–Crippen MR) is 247 cm³/mol. The van der Waals surface area contributed by atoms with Crippen molar-refractivity contribution in [3.63, 3.8) is 0 Å². The highest BCUT2D eigenvalue weighted by Crippen LogP contribution is 2.23. The van der Waals surface area contributed by atoms with Crippen LogP contribution in [0, 0.1) is 0 Å². The molecule has 0 radical (unpaired) electrons. The Kier molecular flexibility index (Phi) is 38.7. The van der Waals surface area contributed by atoms with E-state index in [9.17, 15) is 40.5 Å². The lowest BCUT2D eigenvalue weighted by Gasteiger charge is -2.40. The van der Waals surface area contributed by atoms with Gasteiger partial charge in [0.05, 0.1) is 25.4 Å². The second-order valence-corrected chi connectivity index (χ2v) is 18.6. The highest BCUT2D eigenvalue weighted by atomic mass is 16.7. The molecule has 1 saturated heterocycles. The van der Waals surface area contributed by atoms with E-state index >= 15 is 0 Å². The van der Waals surface area contributed by atoms with Crippen molar-refractivity contribution in [2.75, 3.05) is 13.2 Å². The molecule has 9 atom stereocenters. The summed E-state index contributed by atoms with van der Waals surface area (Å²) in [5.41, 5.74) is 0. The summed E-state index contributed by atoms with van der Waals surface area (Å²) < 4.78 is 11.1. The van der Waals surface area contributed by atoms with Crippen LogP contribution in [0.5, 0.6) is 0 Å². The molecule has 9 unspecified atom stereocenters. The van der Waals surface area contributed by atoms with E-state index in [1.807, 2.05) is 0 Å². The highest BCUT2D eigenvalue weighted by Gasteiger charge is 2.44. The molecule has 0 aromatic heterocycles. The van der Waals surface area contributed by atoms with Crippen LogP contribution < -0.4 is 5.32 Å². The van der Waals surface area contributed by atoms with Crippen LogP contribution >= 0.6 is 0 Å². The zero-order valence-electron chi connectivity index (χ0n) is 39.4. The monoisotopic (exact) mass is 874 g/mol. The van der Waals surface area contributed by atoms with Crippen LogP contribution in [0.1, 0.15) is 245 Å². The molecule has 364 valence electrons. The number of carbonyl (C=O) groups is 1. The van der Waals surface area contributed by atoms with Crippen molar-refractivity contribution in [2.24, 2.45) is 0 Å². The Hall–Kier alpha value is -0.890. The minimum absolute atomic E-state index is 0.265. The molecule has 1 rings (SSSR count). The number of hydrogen-bond donors (Lipinski definition) is 8. The van der Waals surface area contributed by atoms with Crippen LogP contribution in [0.3, 0.4) is 0 Å². The van der Waals surface area contributed by atoms with Gasteiger partial charge in [0, 0.05) is 0 Å². The largest absolute Gasteiger partial charge is 0.394 e. The Morgan fingerprint density at radius 3 is 1.21 bits per heavy atom. The first-order valence-corrected chi connectivity index (χ1v) is 25.9. The molecule has 1 heterocycles. The average molecular weight is 874 g/mol.